The molecule has 0 spiro atoms. The Kier molecular flexibility index (Phi) is 4.75. The van der Waals surface area contributed by atoms with Gasteiger partial charge in [0.05, 0.1) is 23.0 Å². The molecule has 1 atom stereocenters. The monoisotopic (exact) mass is 318 g/mol. The highest BCUT2D eigenvalue weighted by Crippen LogP contribution is 2.34. The standard InChI is InChI=1S/C15H14N2O6/c1-10(11-4-3-5-12(8-11)16(18)19)23-15-7-6-13(22-2)9-14(15)17(20)21/h3-10H,1-2H3/t10-/m1/s1. The molecule has 8 heteroatoms. The number of non-ortho nitro benzene ring substituents is 1. The van der Waals surface area contributed by atoms with Gasteiger partial charge >= 0.3 is 5.69 Å². The fourth-order valence-corrected chi connectivity index (χ4v) is 2.02. The van der Waals surface area contributed by atoms with Crippen molar-refractivity contribution in [3.05, 3.63) is 68.3 Å². The Bertz CT molecular complexity index is 746. The van der Waals surface area contributed by atoms with E-state index >= 15 is 0 Å². The molecule has 0 heterocycles. The third-order valence-corrected chi connectivity index (χ3v) is 3.22. The van der Waals surface area contributed by atoms with Crippen LogP contribution >= 0.6 is 0 Å². The van der Waals surface area contributed by atoms with Crippen LogP contribution in [0.5, 0.6) is 11.5 Å². The van der Waals surface area contributed by atoms with Crippen molar-refractivity contribution in [3.8, 4) is 11.5 Å². The summed E-state index contributed by atoms with van der Waals surface area (Å²) in [6.45, 7) is 1.66. The number of nitrogens with zero attached hydrogens (tertiary/aromatic N) is 2. The zero-order valence-electron chi connectivity index (χ0n) is 12.5. The molecular weight excluding hydrogens is 304 g/mol. The highest BCUT2D eigenvalue weighted by atomic mass is 16.6. The van der Waals surface area contributed by atoms with Gasteiger partial charge in [0, 0.05) is 12.1 Å². The third-order valence-electron chi connectivity index (χ3n) is 3.22. The van der Waals surface area contributed by atoms with Crippen LogP contribution < -0.4 is 9.47 Å². The van der Waals surface area contributed by atoms with Crippen LogP contribution in [0, 0.1) is 20.2 Å². The first kappa shape index (κ1) is 16.2. The van der Waals surface area contributed by atoms with Gasteiger partial charge in [0.2, 0.25) is 0 Å². The second-order valence-electron chi connectivity index (χ2n) is 4.70. The van der Waals surface area contributed by atoms with Gasteiger partial charge < -0.3 is 9.47 Å². The molecule has 0 bridgehead atoms. The molecule has 8 nitrogen and oxygen atoms in total. The number of hydrogen-bond acceptors (Lipinski definition) is 6. The number of ether oxygens (including phenoxy) is 2. The van der Waals surface area contributed by atoms with E-state index < -0.39 is 16.0 Å². The maximum Gasteiger partial charge on any atom is 0.314 e. The average Bonchev–Trinajstić information content (AvgIpc) is 2.55. The van der Waals surface area contributed by atoms with Crippen molar-refractivity contribution in [2.75, 3.05) is 7.11 Å². The van der Waals surface area contributed by atoms with Gasteiger partial charge in [0.1, 0.15) is 11.9 Å². The lowest BCUT2D eigenvalue weighted by atomic mass is 10.1. The second-order valence-corrected chi connectivity index (χ2v) is 4.70. The number of nitro benzene ring substituents is 2. The van der Waals surface area contributed by atoms with Gasteiger partial charge in [-0.3, -0.25) is 20.2 Å². The van der Waals surface area contributed by atoms with Crippen molar-refractivity contribution >= 4 is 11.4 Å². The largest absolute Gasteiger partial charge is 0.496 e. The zero-order chi connectivity index (χ0) is 17.0. The van der Waals surface area contributed by atoms with E-state index in [2.05, 4.69) is 0 Å². The predicted molar refractivity (Wildman–Crippen MR) is 81.8 cm³/mol. The van der Waals surface area contributed by atoms with Crippen LogP contribution in [0.25, 0.3) is 0 Å². The second kappa shape index (κ2) is 6.73. The van der Waals surface area contributed by atoms with Gasteiger partial charge in [0.15, 0.2) is 5.75 Å². The van der Waals surface area contributed by atoms with Crippen LogP contribution in [-0.4, -0.2) is 17.0 Å². The summed E-state index contributed by atoms with van der Waals surface area (Å²) in [7, 11) is 1.41. The summed E-state index contributed by atoms with van der Waals surface area (Å²) in [6, 6.07) is 10.2. The maximum absolute atomic E-state index is 11.1. The number of rotatable bonds is 6. The molecule has 2 aromatic carbocycles. The van der Waals surface area contributed by atoms with E-state index in [1.807, 2.05) is 0 Å². The zero-order valence-corrected chi connectivity index (χ0v) is 12.5. The molecule has 0 radical (unpaired) electrons. The average molecular weight is 318 g/mol. The molecule has 0 aromatic heterocycles. The molecule has 0 saturated heterocycles. The van der Waals surface area contributed by atoms with E-state index in [4.69, 9.17) is 9.47 Å². The molecule has 0 N–H and O–H groups in total. The Morgan fingerprint density at radius 3 is 2.39 bits per heavy atom. The summed E-state index contributed by atoms with van der Waals surface area (Å²) >= 11 is 0. The molecule has 2 rings (SSSR count). The molecule has 120 valence electrons. The van der Waals surface area contributed by atoms with Crippen LogP contribution in [0.15, 0.2) is 42.5 Å². The van der Waals surface area contributed by atoms with E-state index in [0.29, 0.717) is 11.3 Å². The molecule has 0 aliphatic heterocycles. The first-order valence-electron chi connectivity index (χ1n) is 6.66. The smallest absolute Gasteiger partial charge is 0.314 e. The Hall–Kier alpha value is -3.16. The summed E-state index contributed by atoms with van der Waals surface area (Å²) in [5.74, 6) is 0.404. The quantitative estimate of drug-likeness (QED) is 0.594. The van der Waals surface area contributed by atoms with Gasteiger partial charge in [-0.25, -0.2) is 0 Å². The Morgan fingerprint density at radius 2 is 1.78 bits per heavy atom. The molecule has 0 saturated carbocycles. The number of nitro groups is 2. The molecule has 0 fully saturated rings. The number of hydrogen-bond donors (Lipinski definition) is 0. The lowest BCUT2D eigenvalue weighted by Gasteiger charge is -2.15. The number of benzene rings is 2. The maximum atomic E-state index is 11.1. The van der Waals surface area contributed by atoms with Gasteiger partial charge in [-0.2, -0.15) is 0 Å². The van der Waals surface area contributed by atoms with Gasteiger partial charge in [-0.05, 0) is 24.6 Å². The van der Waals surface area contributed by atoms with Crippen LogP contribution in [0.2, 0.25) is 0 Å². The molecule has 0 aliphatic carbocycles. The topological polar surface area (TPSA) is 105 Å². The first-order valence-corrected chi connectivity index (χ1v) is 6.66. The summed E-state index contributed by atoms with van der Waals surface area (Å²) in [6.07, 6.45) is -0.595. The molecular formula is C15H14N2O6. The normalized spacial score (nSPS) is 11.6. The molecule has 0 aliphatic rings. The van der Waals surface area contributed by atoms with E-state index in [-0.39, 0.29) is 17.1 Å². The first-order chi connectivity index (χ1) is 10.9. The van der Waals surface area contributed by atoms with E-state index in [9.17, 15) is 20.2 Å². The van der Waals surface area contributed by atoms with Crippen molar-refractivity contribution in [2.45, 2.75) is 13.0 Å². The van der Waals surface area contributed by atoms with Gasteiger partial charge in [-0.15, -0.1) is 0 Å². The Morgan fingerprint density at radius 1 is 1.04 bits per heavy atom. The lowest BCUT2D eigenvalue weighted by Crippen LogP contribution is -2.05. The molecule has 0 unspecified atom stereocenters. The fraction of sp³-hybridized carbons (Fsp3) is 0.200. The minimum absolute atomic E-state index is 0.0646. The Labute approximate surface area is 131 Å². The van der Waals surface area contributed by atoms with Gasteiger partial charge in [-0.1, -0.05) is 12.1 Å². The van der Waals surface area contributed by atoms with Crippen molar-refractivity contribution in [3.63, 3.8) is 0 Å². The fourth-order valence-electron chi connectivity index (χ4n) is 2.02. The SMILES string of the molecule is COc1ccc(O[C@H](C)c2cccc([N+](=O)[O-])c2)c([N+](=O)[O-])c1. The van der Waals surface area contributed by atoms with E-state index in [1.165, 1.54) is 37.4 Å². The molecule has 23 heavy (non-hydrogen) atoms. The number of methoxy groups -OCH3 is 1. The van der Waals surface area contributed by atoms with Crippen LogP contribution in [0.3, 0.4) is 0 Å². The van der Waals surface area contributed by atoms with Crippen molar-refractivity contribution in [1.29, 1.82) is 0 Å². The highest BCUT2D eigenvalue weighted by Gasteiger charge is 2.20. The minimum atomic E-state index is -0.595. The summed E-state index contributed by atoms with van der Waals surface area (Å²) in [5, 5.41) is 21.9. The highest BCUT2D eigenvalue weighted by molar-refractivity contribution is 5.51. The van der Waals surface area contributed by atoms with E-state index in [1.54, 1.807) is 19.1 Å². The predicted octanol–water partition coefficient (Wildman–Crippen LogP) is 3.65. The van der Waals surface area contributed by atoms with E-state index in [0.717, 1.165) is 0 Å². The van der Waals surface area contributed by atoms with Crippen molar-refractivity contribution in [2.24, 2.45) is 0 Å². The summed E-state index contributed by atoms with van der Waals surface area (Å²) in [4.78, 5) is 20.9. The van der Waals surface area contributed by atoms with Crippen LogP contribution in [-0.2, 0) is 0 Å². The van der Waals surface area contributed by atoms with Crippen LogP contribution in [0.1, 0.15) is 18.6 Å². The van der Waals surface area contributed by atoms with Crippen LogP contribution in [0.4, 0.5) is 11.4 Å². The third kappa shape index (κ3) is 3.73. The summed E-state index contributed by atoms with van der Waals surface area (Å²) < 4.78 is 10.6. The Balaban J connectivity index is 2.29. The molecule has 0 amide bonds. The van der Waals surface area contributed by atoms with Gasteiger partial charge in [0.25, 0.3) is 5.69 Å². The minimum Gasteiger partial charge on any atom is -0.496 e. The summed E-state index contributed by atoms with van der Waals surface area (Å²) in [5.41, 5.74) is 0.244. The lowest BCUT2D eigenvalue weighted by molar-refractivity contribution is -0.386. The van der Waals surface area contributed by atoms with Crippen molar-refractivity contribution in [1.82, 2.24) is 0 Å². The molecule has 2 aromatic rings. The van der Waals surface area contributed by atoms with Crippen molar-refractivity contribution < 1.29 is 19.3 Å².